The lowest BCUT2D eigenvalue weighted by molar-refractivity contribution is 0.724. The van der Waals surface area contributed by atoms with E-state index in [4.69, 9.17) is 21.0 Å². The molecule has 0 aliphatic heterocycles. The topological polar surface area (TPSA) is 126 Å². The van der Waals surface area contributed by atoms with Gasteiger partial charge in [0.1, 0.15) is 35.4 Å². The molecule has 0 bridgehead atoms. The summed E-state index contributed by atoms with van der Waals surface area (Å²) >= 11 is 3.39. The fourth-order valence-electron chi connectivity index (χ4n) is 4.12. The van der Waals surface area contributed by atoms with Gasteiger partial charge in [0, 0.05) is 18.9 Å². The molecule has 7 nitrogen and oxygen atoms in total. The predicted octanol–water partition coefficient (Wildman–Crippen LogP) is 7.31. The zero-order valence-electron chi connectivity index (χ0n) is 20.1. The fourth-order valence-corrected chi connectivity index (χ4v) is 6.54. The van der Waals surface area contributed by atoms with E-state index in [1.54, 1.807) is 35.1 Å². The summed E-state index contributed by atoms with van der Waals surface area (Å²) in [7, 11) is 0. The minimum absolute atomic E-state index is 0.0422. The highest BCUT2D eigenvalue weighted by atomic mass is 32.1. The van der Waals surface area contributed by atoms with Crippen LogP contribution in [0.5, 0.6) is 0 Å². The van der Waals surface area contributed by atoms with Crippen LogP contribution in [0.1, 0.15) is 24.5 Å². The first kappa shape index (κ1) is 24.6. The van der Waals surface area contributed by atoms with Gasteiger partial charge in [0.2, 0.25) is 0 Å². The lowest BCUT2D eigenvalue weighted by atomic mass is 10.2. The molecule has 180 valence electrons. The van der Waals surface area contributed by atoms with Crippen LogP contribution in [-0.4, -0.2) is 14.5 Å². The third-order valence-electron chi connectivity index (χ3n) is 5.84. The van der Waals surface area contributed by atoms with Crippen molar-refractivity contribution in [2.45, 2.75) is 19.9 Å². The molecule has 0 N–H and O–H groups in total. The Kier molecular flexibility index (Phi) is 6.81. The van der Waals surface area contributed by atoms with E-state index in [0.717, 1.165) is 34.1 Å². The van der Waals surface area contributed by atoms with Crippen molar-refractivity contribution in [3.63, 3.8) is 0 Å². The summed E-state index contributed by atoms with van der Waals surface area (Å²) in [6, 6.07) is 19.4. The van der Waals surface area contributed by atoms with E-state index in [1.807, 2.05) is 48.5 Å². The number of rotatable bonds is 6. The average Bonchev–Trinajstić information content (AvgIpc) is 3.64. The Hall–Kier alpha value is -5.06. The molecule has 0 aliphatic carbocycles. The Balaban J connectivity index is 1.53. The number of nitrogens with zero attached hydrogens (tertiary/aromatic N) is 7. The number of thiophene rings is 2. The average molecular weight is 528 g/mol. The zero-order valence-corrected chi connectivity index (χ0v) is 21.8. The summed E-state index contributed by atoms with van der Waals surface area (Å²) in [5.41, 5.74) is 5.53. The van der Waals surface area contributed by atoms with Crippen molar-refractivity contribution in [1.82, 2.24) is 14.5 Å². The SMILES string of the molecule is CCCn1c2cc(-c3ccc(C=C(C#N)C#N)cn3)sc2c2sc(-c3ccc(C=C(C#N)C#N)cn3)cc21. The molecule has 0 saturated carbocycles. The standard InChI is InChI=1S/C29H17N7S2/c1-2-7-36-24-10-26(22-5-3-18(16-34-22)8-20(12-30)13-31)37-28(24)29-25(36)11-27(38-29)23-6-4-19(17-35-23)9-21(14-32)15-33/h3-6,8-11,16-17H,2,7H2,1H3. The Morgan fingerprint density at radius 1 is 0.763 bits per heavy atom. The van der Waals surface area contributed by atoms with Crippen LogP contribution in [0.2, 0.25) is 0 Å². The highest BCUT2D eigenvalue weighted by molar-refractivity contribution is 7.30. The molecule has 5 rings (SSSR count). The number of hydrogen-bond acceptors (Lipinski definition) is 8. The summed E-state index contributed by atoms with van der Waals surface area (Å²) < 4.78 is 4.75. The van der Waals surface area contributed by atoms with Crippen molar-refractivity contribution >= 4 is 55.3 Å². The smallest absolute Gasteiger partial charge is 0.130 e. The molecule has 5 heterocycles. The van der Waals surface area contributed by atoms with Gasteiger partial charge >= 0.3 is 0 Å². The largest absolute Gasteiger partial charge is 0.339 e. The minimum atomic E-state index is 0.0422. The summed E-state index contributed by atoms with van der Waals surface area (Å²) in [4.78, 5) is 11.3. The van der Waals surface area contributed by atoms with E-state index in [0.29, 0.717) is 11.1 Å². The van der Waals surface area contributed by atoms with Crippen molar-refractivity contribution < 1.29 is 0 Å². The van der Waals surface area contributed by atoms with E-state index in [2.05, 4.69) is 33.6 Å². The van der Waals surface area contributed by atoms with Crippen LogP contribution in [0.15, 0.2) is 59.9 Å². The van der Waals surface area contributed by atoms with Crippen LogP contribution >= 0.6 is 22.7 Å². The van der Waals surface area contributed by atoms with Crippen LogP contribution in [0.4, 0.5) is 0 Å². The first-order valence-corrected chi connectivity index (χ1v) is 13.2. The molecule has 0 aromatic carbocycles. The summed E-state index contributed by atoms with van der Waals surface area (Å²) in [6.45, 7) is 3.05. The maximum atomic E-state index is 8.98. The number of nitriles is 4. The van der Waals surface area contributed by atoms with Crippen molar-refractivity contribution in [2.24, 2.45) is 0 Å². The van der Waals surface area contributed by atoms with Crippen molar-refractivity contribution in [2.75, 3.05) is 0 Å². The number of allylic oxidation sites excluding steroid dienone is 2. The molecule has 5 aromatic rings. The molecule has 38 heavy (non-hydrogen) atoms. The second-order valence-corrected chi connectivity index (χ2v) is 10.4. The highest BCUT2D eigenvalue weighted by Crippen LogP contribution is 2.44. The Bertz CT molecular complexity index is 1730. The predicted molar refractivity (Wildman–Crippen MR) is 150 cm³/mol. The van der Waals surface area contributed by atoms with Crippen LogP contribution in [-0.2, 0) is 6.54 Å². The quantitative estimate of drug-likeness (QED) is 0.213. The van der Waals surface area contributed by atoms with Gasteiger partial charge in [-0.25, -0.2) is 0 Å². The third kappa shape index (κ3) is 4.57. The molecule has 9 heteroatoms. The van der Waals surface area contributed by atoms with Gasteiger partial charge in [-0.2, -0.15) is 21.0 Å². The maximum Gasteiger partial charge on any atom is 0.130 e. The Morgan fingerprint density at radius 2 is 1.21 bits per heavy atom. The molecule has 0 aliphatic rings. The van der Waals surface area contributed by atoms with Gasteiger partial charge in [-0.15, -0.1) is 22.7 Å². The van der Waals surface area contributed by atoms with Gasteiger partial charge in [0.25, 0.3) is 0 Å². The summed E-state index contributed by atoms with van der Waals surface area (Å²) in [5.74, 6) is 0. The molecule has 0 saturated heterocycles. The second kappa shape index (κ2) is 10.5. The van der Waals surface area contributed by atoms with Gasteiger partial charge in [0.05, 0.1) is 41.6 Å². The van der Waals surface area contributed by atoms with Gasteiger partial charge in [-0.05, 0) is 54.0 Å². The number of hydrogen-bond donors (Lipinski definition) is 0. The van der Waals surface area contributed by atoms with Gasteiger partial charge in [0.15, 0.2) is 0 Å². The first-order valence-electron chi connectivity index (χ1n) is 11.6. The van der Waals surface area contributed by atoms with Crippen molar-refractivity contribution in [3.8, 4) is 45.4 Å². The molecule has 0 unspecified atom stereocenters. The highest BCUT2D eigenvalue weighted by Gasteiger charge is 2.19. The second-order valence-electron chi connectivity index (χ2n) is 8.32. The number of fused-ring (bicyclic) bond motifs is 3. The van der Waals surface area contributed by atoms with Crippen LogP contribution in [0, 0.1) is 45.3 Å². The Morgan fingerprint density at radius 3 is 1.55 bits per heavy atom. The first-order chi connectivity index (χ1) is 18.6. The molecule has 0 spiro atoms. The monoisotopic (exact) mass is 527 g/mol. The van der Waals surface area contributed by atoms with E-state index < -0.39 is 0 Å². The van der Waals surface area contributed by atoms with E-state index in [9.17, 15) is 0 Å². The number of aromatic nitrogens is 3. The van der Waals surface area contributed by atoms with Crippen molar-refractivity contribution in [3.05, 3.63) is 71.1 Å². The number of pyridine rings is 2. The van der Waals surface area contributed by atoms with E-state index >= 15 is 0 Å². The van der Waals surface area contributed by atoms with Crippen LogP contribution < -0.4 is 0 Å². The number of aryl methyl sites for hydroxylation is 1. The van der Waals surface area contributed by atoms with Crippen molar-refractivity contribution in [1.29, 1.82) is 21.0 Å². The zero-order chi connectivity index (χ0) is 26.6. The molecular formula is C29H17N7S2. The van der Waals surface area contributed by atoms with Crippen LogP contribution in [0.25, 0.3) is 53.7 Å². The molecule has 0 atom stereocenters. The van der Waals surface area contributed by atoms with Crippen LogP contribution in [0.3, 0.4) is 0 Å². The summed E-state index contributed by atoms with van der Waals surface area (Å²) in [5, 5.41) is 35.9. The molecule has 0 radical (unpaired) electrons. The fraction of sp³-hybridized carbons (Fsp3) is 0.103. The third-order valence-corrected chi connectivity index (χ3v) is 8.30. The molecular weight excluding hydrogens is 511 g/mol. The van der Waals surface area contributed by atoms with Gasteiger partial charge < -0.3 is 4.57 Å². The lowest BCUT2D eigenvalue weighted by Gasteiger charge is -2.03. The normalized spacial score (nSPS) is 10.3. The summed E-state index contributed by atoms with van der Waals surface area (Å²) in [6.07, 6.45) is 7.39. The van der Waals surface area contributed by atoms with E-state index in [1.165, 1.54) is 32.6 Å². The maximum absolute atomic E-state index is 8.98. The minimum Gasteiger partial charge on any atom is -0.339 e. The van der Waals surface area contributed by atoms with Gasteiger partial charge in [-0.1, -0.05) is 19.1 Å². The Labute approximate surface area is 226 Å². The lowest BCUT2D eigenvalue weighted by Crippen LogP contribution is -1.94. The van der Waals surface area contributed by atoms with Gasteiger partial charge in [-0.3, -0.25) is 9.97 Å². The molecule has 0 fully saturated rings. The molecule has 5 aromatic heterocycles. The molecule has 0 amide bonds. The van der Waals surface area contributed by atoms with E-state index in [-0.39, 0.29) is 11.1 Å².